The molecule has 0 aliphatic heterocycles. The van der Waals surface area contributed by atoms with Crippen molar-refractivity contribution in [2.24, 2.45) is 11.7 Å². The van der Waals surface area contributed by atoms with Crippen LogP contribution in [-0.4, -0.2) is 50.7 Å². The van der Waals surface area contributed by atoms with Gasteiger partial charge in [-0.1, -0.05) is 18.9 Å². The normalized spacial score (nSPS) is 14.7. The fourth-order valence-corrected chi connectivity index (χ4v) is 6.52. The molecule has 1 aliphatic rings. The summed E-state index contributed by atoms with van der Waals surface area (Å²) in [6.45, 7) is 0. The van der Waals surface area contributed by atoms with Crippen molar-refractivity contribution in [1.29, 1.82) is 0 Å². The van der Waals surface area contributed by atoms with Crippen molar-refractivity contribution >= 4 is 43.4 Å². The number of H-pyrrole nitrogens is 2. The van der Waals surface area contributed by atoms with E-state index in [-0.39, 0.29) is 17.4 Å². The number of aromatic amines is 2. The Bertz CT molecular complexity index is 2210. The highest BCUT2D eigenvalue weighted by Crippen LogP contribution is 2.34. The van der Waals surface area contributed by atoms with Crippen LogP contribution in [0, 0.1) is 11.7 Å². The molecule has 1 atom stereocenters. The number of fused-ring (bicyclic) bond motifs is 2. The second-order valence-corrected chi connectivity index (χ2v) is 13.6. The molecule has 11 nitrogen and oxygen atoms in total. The van der Waals surface area contributed by atoms with E-state index in [2.05, 4.69) is 30.5 Å². The van der Waals surface area contributed by atoms with Crippen LogP contribution in [0.1, 0.15) is 36.6 Å². The summed E-state index contributed by atoms with van der Waals surface area (Å²) in [7, 11) is -3.66. The van der Waals surface area contributed by atoms with Gasteiger partial charge in [-0.15, -0.1) is 0 Å². The summed E-state index contributed by atoms with van der Waals surface area (Å²) in [5, 5.41) is 10.0. The van der Waals surface area contributed by atoms with Crippen LogP contribution in [-0.2, 0) is 14.6 Å². The first-order valence-corrected chi connectivity index (χ1v) is 16.4. The lowest BCUT2D eigenvalue weighted by Crippen LogP contribution is -2.20. The fraction of sp³-hybridized carbons (Fsp3) is 0.219. The lowest BCUT2D eigenvalue weighted by Gasteiger charge is -2.12. The van der Waals surface area contributed by atoms with Gasteiger partial charge in [-0.2, -0.15) is 5.10 Å². The van der Waals surface area contributed by atoms with E-state index in [1.54, 1.807) is 24.7 Å². The molecule has 45 heavy (non-hydrogen) atoms. The topological polar surface area (TPSA) is 172 Å². The first-order chi connectivity index (χ1) is 21.6. The van der Waals surface area contributed by atoms with Crippen LogP contribution in [0.2, 0.25) is 0 Å². The maximum atomic E-state index is 14.7. The van der Waals surface area contributed by atoms with Crippen LogP contribution >= 0.6 is 0 Å². The van der Waals surface area contributed by atoms with E-state index in [4.69, 9.17) is 10.7 Å². The SMILES string of the molecule is CS(=O)(=O)C(N)c1cc(F)cc(-c2nccc3[nH]c(-c4n[nH]c5ccc(-c6cncc(NC(=O)C7CCCC7)c6)cc45)nc23)c1. The second kappa shape index (κ2) is 11.2. The molecule has 1 unspecified atom stereocenters. The molecule has 0 radical (unpaired) electrons. The number of carbonyl (C=O) groups excluding carboxylic acids is 1. The molecule has 5 N–H and O–H groups in total. The van der Waals surface area contributed by atoms with Gasteiger partial charge in [-0.05, 0) is 66.4 Å². The Morgan fingerprint density at radius 3 is 2.62 bits per heavy atom. The summed E-state index contributed by atoms with van der Waals surface area (Å²) in [6.07, 6.45) is 9.95. The van der Waals surface area contributed by atoms with Crippen molar-refractivity contribution in [3.63, 3.8) is 0 Å². The van der Waals surface area contributed by atoms with Crippen molar-refractivity contribution in [1.82, 2.24) is 30.1 Å². The number of carbonyl (C=O) groups is 1. The van der Waals surface area contributed by atoms with Crippen LogP contribution in [0.3, 0.4) is 0 Å². The third-order valence-corrected chi connectivity index (χ3v) is 9.43. The molecule has 0 saturated heterocycles. The van der Waals surface area contributed by atoms with E-state index >= 15 is 0 Å². The van der Waals surface area contributed by atoms with Crippen LogP contribution in [0.25, 0.3) is 55.8 Å². The molecular weight excluding hydrogens is 595 g/mol. The number of nitrogens with two attached hydrogens (primary N) is 1. The molecule has 1 fully saturated rings. The van der Waals surface area contributed by atoms with Gasteiger partial charge in [0.25, 0.3) is 0 Å². The number of nitrogens with zero attached hydrogens (tertiary/aromatic N) is 4. The third kappa shape index (κ3) is 5.56. The van der Waals surface area contributed by atoms with Gasteiger partial charge in [-0.25, -0.2) is 17.8 Å². The zero-order valence-electron chi connectivity index (χ0n) is 24.2. The van der Waals surface area contributed by atoms with E-state index in [9.17, 15) is 17.6 Å². The van der Waals surface area contributed by atoms with Gasteiger partial charge < -0.3 is 16.0 Å². The largest absolute Gasteiger partial charge is 0.336 e. The van der Waals surface area contributed by atoms with Gasteiger partial charge >= 0.3 is 0 Å². The van der Waals surface area contributed by atoms with Gasteiger partial charge in [0, 0.05) is 41.1 Å². The maximum Gasteiger partial charge on any atom is 0.227 e. The highest BCUT2D eigenvalue weighted by molar-refractivity contribution is 7.90. The number of rotatable bonds is 7. The van der Waals surface area contributed by atoms with Gasteiger partial charge in [0.2, 0.25) is 5.91 Å². The maximum absolute atomic E-state index is 14.7. The molecule has 1 amide bonds. The minimum atomic E-state index is -3.66. The molecule has 0 bridgehead atoms. The van der Waals surface area contributed by atoms with Crippen molar-refractivity contribution in [2.75, 3.05) is 11.6 Å². The van der Waals surface area contributed by atoms with Crippen molar-refractivity contribution in [2.45, 2.75) is 31.1 Å². The average Bonchev–Trinajstić information content (AvgIpc) is 3.79. The molecule has 228 valence electrons. The summed E-state index contributed by atoms with van der Waals surface area (Å²) in [4.78, 5) is 29.6. The first kappa shape index (κ1) is 28.7. The third-order valence-electron chi connectivity index (χ3n) is 8.24. The number of sulfone groups is 1. The number of nitrogens with one attached hydrogen (secondary N) is 3. The predicted octanol–water partition coefficient (Wildman–Crippen LogP) is 5.50. The molecular formula is C32H29FN8O3S. The lowest BCUT2D eigenvalue weighted by atomic mass is 10.0. The Balaban J connectivity index is 1.25. The summed E-state index contributed by atoms with van der Waals surface area (Å²) in [6, 6.07) is 13.4. The number of pyridine rings is 2. The zero-order chi connectivity index (χ0) is 31.3. The minimum Gasteiger partial charge on any atom is -0.336 e. The Morgan fingerprint density at radius 1 is 1.00 bits per heavy atom. The van der Waals surface area contributed by atoms with E-state index in [0.29, 0.717) is 39.5 Å². The van der Waals surface area contributed by atoms with Gasteiger partial charge in [-0.3, -0.25) is 19.9 Å². The number of imidazole rings is 1. The minimum absolute atomic E-state index is 0.0328. The summed E-state index contributed by atoms with van der Waals surface area (Å²) >= 11 is 0. The summed E-state index contributed by atoms with van der Waals surface area (Å²) in [5.74, 6) is -0.0991. The van der Waals surface area contributed by atoms with Gasteiger partial charge in [0.05, 0.1) is 28.6 Å². The Morgan fingerprint density at radius 2 is 1.82 bits per heavy atom. The summed E-state index contributed by atoms with van der Waals surface area (Å²) in [5.41, 5.74) is 11.5. The smallest absolute Gasteiger partial charge is 0.227 e. The Kier molecular flexibility index (Phi) is 7.13. The number of amides is 1. The zero-order valence-corrected chi connectivity index (χ0v) is 25.0. The molecule has 1 saturated carbocycles. The molecule has 7 rings (SSSR count). The number of aromatic nitrogens is 6. The highest BCUT2D eigenvalue weighted by atomic mass is 32.2. The van der Waals surface area contributed by atoms with E-state index < -0.39 is 21.0 Å². The first-order valence-electron chi connectivity index (χ1n) is 14.5. The average molecular weight is 625 g/mol. The van der Waals surface area contributed by atoms with Crippen LogP contribution < -0.4 is 11.1 Å². The van der Waals surface area contributed by atoms with Crippen molar-refractivity contribution < 1.29 is 17.6 Å². The molecule has 2 aromatic carbocycles. The molecule has 1 aliphatic carbocycles. The lowest BCUT2D eigenvalue weighted by molar-refractivity contribution is -0.119. The van der Waals surface area contributed by atoms with Crippen molar-refractivity contribution in [3.05, 3.63) is 78.5 Å². The summed E-state index contributed by atoms with van der Waals surface area (Å²) < 4.78 is 38.8. The number of anilines is 1. The van der Waals surface area contributed by atoms with Crippen LogP contribution in [0.4, 0.5) is 10.1 Å². The van der Waals surface area contributed by atoms with Crippen LogP contribution in [0.15, 0.2) is 67.1 Å². The quantitative estimate of drug-likeness (QED) is 0.180. The van der Waals surface area contributed by atoms with E-state index in [1.807, 2.05) is 24.3 Å². The number of benzene rings is 2. The highest BCUT2D eigenvalue weighted by Gasteiger charge is 2.24. The molecule has 6 aromatic rings. The fourth-order valence-electron chi connectivity index (χ4n) is 5.89. The van der Waals surface area contributed by atoms with E-state index in [1.165, 1.54) is 12.1 Å². The Hall–Kier alpha value is -5.01. The van der Waals surface area contributed by atoms with E-state index in [0.717, 1.165) is 60.0 Å². The predicted molar refractivity (Wildman–Crippen MR) is 170 cm³/mol. The molecule has 4 aromatic heterocycles. The molecule has 4 heterocycles. The number of halogens is 1. The number of hydrogen-bond donors (Lipinski definition) is 4. The number of hydrogen-bond acceptors (Lipinski definition) is 8. The van der Waals surface area contributed by atoms with Gasteiger partial charge in [0.15, 0.2) is 15.7 Å². The van der Waals surface area contributed by atoms with Crippen molar-refractivity contribution in [3.8, 4) is 33.9 Å². The Labute approximate surface area is 257 Å². The molecule has 0 spiro atoms. The second-order valence-electron chi connectivity index (χ2n) is 11.4. The monoisotopic (exact) mass is 624 g/mol. The van der Waals surface area contributed by atoms with Crippen LogP contribution in [0.5, 0.6) is 0 Å². The standard InChI is InChI=1S/C32H29FN8O3S/c1-45(43,44)30(34)20-10-19(11-22(33)12-20)27-29-26(8-9-36-27)38-31(39-29)28-24-14-18(6-7-25(24)40-41-28)21-13-23(16-35-15-21)37-32(42)17-4-2-3-5-17/h6-17,30H,2-5,34H2,1H3,(H,37,42)(H,38,39)(H,40,41). The molecule has 13 heteroatoms. The van der Waals surface area contributed by atoms with Gasteiger partial charge in [0.1, 0.15) is 22.4 Å².